The highest BCUT2D eigenvalue weighted by molar-refractivity contribution is 9.10. The number of hydrogen-bond donors (Lipinski definition) is 1. The summed E-state index contributed by atoms with van der Waals surface area (Å²) in [6.45, 7) is 5.29. The van der Waals surface area contributed by atoms with Crippen LogP contribution in [0, 0.1) is 0 Å². The molecular formula is C23H30BrN3O4S. The summed E-state index contributed by atoms with van der Waals surface area (Å²) in [6.07, 6.45) is 1.82. The molecule has 0 aliphatic heterocycles. The van der Waals surface area contributed by atoms with Crippen molar-refractivity contribution in [2.45, 2.75) is 45.8 Å². The fraction of sp³-hybridized carbons (Fsp3) is 0.391. The molecule has 0 bridgehead atoms. The lowest BCUT2D eigenvalue weighted by molar-refractivity contribution is -0.139. The molecule has 2 aromatic carbocycles. The van der Waals surface area contributed by atoms with Crippen molar-refractivity contribution in [3.63, 3.8) is 0 Å². The maximum absolute atomic E-state index is 13.4. The minimum Gasteiger partial charge on any atom is -0.352 e. The molecular weight excluding hydrogens is 494 g/mol. The average molecular weight is 524 g/mol. The van der Waals surface area contributed by atoms with E-state index >= 15 is 0 Å². The first-order chi connectivity index (χ1) is 15.0. The summed E-state index contributed by atoms with van der Waals surface area (Å²) in [5.74, 6) is -0.747. The molecule has 2 aromatic rings. The van der Waals surface area contributed by atoms with Gasteiger partial charge in [-0.1, -0.05) is 59.3 Å². The quantitative estimate of drug-likeness (QED) is 0.515. The number of nitrogens with zero attached hydrogens (tertiary/aromatic N) is 2. The molecule has 0 aromatic heterocycles. The summed E-state index contributed by atoms with van der Waals surface area (Å²) in [7, 11) is -3.74. The molecule has 0 aliphatic carbocycles. The Morgan fingerprint density at radius 2 is 1.72 bits per heavy atom. The minimum atomic E-state index is -3.74. The first kappa shape index (κ1) is 25.9. The lowest BCUT2D eigenvalue weighted by Gasteiger charge is -2.32. The van der Waals surface area contributed by atoms with Crippen molar-refractivity contribution >= 4 is 43.5 Å². The largest absolute Gasteiger partial charge is 0.352 e. The normalized spacial score (nSPS) is 13.2. The number of anilines is 1. The first-order valence-electron chi connectivity index (χ1n) is 10.4. The Labute approximate surface area is 199 Å². The zero-order valence-electron chi connectivity index (χ0n) is 18.8. The second-order valence-corrected chi connectivity index (χ2v) is 10.6. The monoisotopic (exact) mass is 523 g/mol. The molecule has 2 rings (SSSR count). The Kier molecular flexibility index (Phi) is 9.27. The van der Waals surface area contributed by atoms with Crippen LogP contribution in [0.15, 0.2) is 59.1 Å². The van der Waals surface area contributed by atoms with E-state index in [0.29, 0.717) is 10.2 Å². The number of carbonyl (C=O) groups is 2. The maximum atomic E-state index is 13.4. The van der Waals surface area contributed by atoms with E-state index in [2.05, 4.69) is 21.2 Å². The molecule has 0 saturated heterocycles. The molecule has 0 aliphatic rings. The number of hydrogen-bond acceptors (Lipinski definition) is 4. The van der Waals surface area contributed by atoms with Crippen molar-refractivity contribution in [1.82, 2.24) is 10.2 Å². The van der Waals surface area contributed by atoms with Gasteiger partial charge >= 0.3 is 0 Å². The zero-order chi connectivity index (χ0) is 23.9. The Morgan fingerprint density at radius 3 is 2.28 bits per heavy atom. The molecule has 1 N–H and O–H groups in total. The summed E-state index contributed by atoms with van der Waals surface area (Å²) in [6, 6.07) is 15.2. The SMILES string of the molecule is CC[C@@H](C)NC(=O)[C@@H](C)N(Cc1ccccc1)C(=O)CN(c1cccc(Br)c1)S(C)(=O)=O. The fourth-order valence-electron chi connectivity index (χ4n) is 3.07. The van der Waals surface area contributed by atoms with E-state index in [-0.39, 0.29) is 18.5 Å². The van der Waals surface area contributed by atoms with E-state index in [0.717, 1.165) is 22.5 Å². The second-order valence-electron chi connectivity index (χ2n) is 7.75. The third-order valence-corrected chi connectivity index (χ3v) is 6.77. The topological polar surface area (TPSA) is 86.8 Å². The van der Waals surface area contributed by atoms with E-state index in [1.54, 1.807) is 31.2 Å². The van der Waals surface area contributed by atoms with Crippen molar-refractivity contribution < 1.29 is 18.0 Å². The van der Waals surface area contributed by atoms with Gasteiger partial charge in [0.2, 0.25) is 21.8 Å². The number of amides is 2. The molecule has 0 unspecified atom stereocenters. The summed E-state index contributed by atoms with van der Waals surface area (Å²) < 4.78 is 26.8. The van der Waals surface area contributed by atoms with Crippen molar-refractivity contribution in [3.8, 4) is 0 Å². The van der Waals surface area contributed by atoms with Crippen LogP contribution >= 0.6 is 15.9 Å². The van der Waals surface area contributed by atoms with Gasteiger partial charge in [-0.3, -0.25) is 13.9 Å². The lowest BCUT2D eigenvalue weighted by atomic mass is 10.1. The Bertz CT molecular complexity index is 1030. The molecule has 7 nitrogen and oxygen atoms in total. The first-order valence-corrected chi connectivity index (χ1v) is 13.0. The highest BCUT2D eigenvalue weighted by Gasteiger charge is 2.30. The van der Waals surface area contributed by atoms with E-state index < -0.39 is 28.5 Å². The molecule has 9 heteroatoms. The van der Waals surface area contributed by atoms with E-state index in [9.17, 15) is 18.0 Å². The smallest absolute Gasteiger partial charge is 0.244 e. The molecule has 0 heterocycles. The van der Waals surface area contributed by atoms with Gasteiger partial charge in [-0.05, 0) is 44.0 Å². The van der Waals surface area contributed by atoms with Crippen LogP contribution in [0.2, 0.25) is 0 Å². The van der Waals surface area contributed by atoms with E-state index in [4.69, 9.17) is 0 Å². The van der Waals surface area contributed by atoms with Gasteiger partial charge in [0.05, 0.1) is 11.9 Å². The van der Waals surface area contributed by atoms with Gasteiger partial charge in [-0.25, -0.2) is 8.42 Å². The summed E-state index contributed by atoms with van der Waals surface area (Å²) >= 11 is 3.34. The molecule has 0 saturated carbocycles. The van der Waals surface area contributed by atoms with Gasteiger partial charge < -0.3 is 10.2 Å². The predicted octanol–water partition coefficient (Wildman–Crippen LogP) is 3.55. The van der Waals surface area contributed by atoms with E-state index in [1.807, 2.05) is 44.2 Å². The molecule has 0 spiro atoms. The minimum absolute atomic E-state index is 0.0344. The van der Waals surface area contributed by atoms with Crippen molar-refractivity contribution in [2.24, 2.45) is 0 Å². The molecule has 0 radical (unpaired) electrons. The van der Waals surface area contributed by atoms with Gasteiger partial charge in [0, 0.05) is 17.1 Å². The van der Waals surface area contributed by atoms with Gasteiger partial charge in [0.15, 0.2) is 0 Å². The average Bonchev–Trinajstić information content (AvgIpc) is 2.74. The highest BCUT2D eigenvalue weighted by Crippen LogP contribution is 2.23. The number of nitrogens with one attached hydrogen (secondary N) is 1. The highest BCUT2D eigenvalue weighted by atomic mass is 79.9. The number of rotatable bonds is 10. The lowest BCUT2D eigenvalue weighted by Crippen LogP contribution is -2.52. The standard InChI is InChI=1S/C23H30BrN3O4S/c1-5-17(2)25-23(29)18(3)26(15-19-10-7-6-8-11-19)22(28)16-27(32(4,30)31)21-13-9-12-20(24)14-21/h6-14,17-18H,5,15-16H2,1-4H3,(H,25,29)/t17-,18-/m1/s1. The predicted molar refractivity (Wildman–Crippen MR) is 131 cm³/mol. The molecule has 0 fully saturated rings. The second kappa shape index (κ2) is 11.5. The number of halogens is 1. The van der Waals surface area contributed by atoms with Crippen LogP contribution in [0.4, 0.5) is 5.69 Å². The summed E-state index contributed by atoms with van der Waals surface area (Å²) in [4.78, 5) is 27.6. The van der Waals surface area contributed by atoms with Crippen LogP contribution < -0.4 is 9.62 Å². The van der Waals surface area contributed by atoms with Crippen molar-refractivity contribution in [2.75, 3.05) is 17.1 Å². The molecule has 174 valence electrons. The number of benzene rings is 2. The summed E-state index contributed by atoms with van der Waals surface area (Å²) in [5.41, 5.74) is 1.21. The van der Waals surface area contributed by atoms with Crippen LogP contribution in [-0.4, -0.2) is 50.0 Å². The van der Waals surface area contributed by atoms with Gasteiger partial charge in [-0.15, -0.1) is 0 Å². The molecule has 2 amide bonds. The van der Waals surface area contributed by atoms with Crippen LogP contribution in [0.1, 0.15) is 32.8 Å². The van der Waals surface area contributed by atoms with Crippen molar-refractivity contribution in [1.29, 1.82) is 0 Å². The third-order valence-electron chi connectivity index (χ3n) is 5.14. The Morgan fingerprint density at radius 1 is 1.06 bits per heavy atom. The van der Waals surface area contributed by atoms with Crippen LogP contribution in [0.25, 0.3) is 0 Å². The number of sulfonamides is 1. The van der Waals surface area contributed by atoms with E-state index in [1.165, 1.54) is 4.90 Å². The Balaban J connectivity index is 2.35. The molecule has 32 heavy (non-hydrogen) atoms. The maximum Gasteiger partial charge on any atom is 0.244 e. The van der Waals surface area contributed by atoms with Crippen LogP contribution in [-0.2, 0) is 26.2 Å². The zero-order valence-corrected chi connectivity index (χ0v) is 21.2. The molecule has 2 atom stereocenters. The summed E-state index contributed by atoms with van der Waals surface area (Å²) in [5, 5.41) is 2.90. The van der Waals surface area contributed by atoms with Crippen molar-refractivity contribution in [3.05, 3.63) is 64.6 Å². The van der Waals surface area contributed by atoms with Gasteiger partial charge in [0.25, 0.3) is 0 Å². The van der Waals surface area contributed by atoms with Gasteiger partial charge in [-0.2, -0.15) is 0 Å². The fourth-order valence-corrected chi connectivity index (χ4v) is 4.30. The Hall–Kier alpha value is -2.39. The third kappa shape index (κ3) is 7.34. The number of carbonyl (C=O) groups excluding carboxylic acids is 2. The van der Waals surface area contributed by atoms with Crippen LogP contribution in [0.3, 0.4) is 0 Å². The van der Waals surface area contributed by atoms with Crippen LogP contribution in [0.5, 0.6) is 0 Å². The van der Waals surface area contributed by atoms with Gasteiger partial charge in [0.1, 0.15) is 12.6 Å².